The predicted molar refractivity (Wildman–Crippen MR) is 177 cm³/mol. The monoisotopic (exact) mass is 605 g/mol. The normalized spacial score (nSPS) is 34.3. The number of para-hydroxylation sites is 2. The Kier molecular flexibility index (Phi) is 8.21. The fraction of sp³-hybridized carbons (Fsp3) is 0.421. The maximum Gasteiger partial charge on any atom is 0.175 e. The zero-order valence-electron chi connectivity index (χ0n) is 25.9. The van der Waals surface area contributed by atoms with Crippen LogP contribution in [0.15, 0.2) is 108 Å². The third-order valence-electron chi connectivity index (χ3n) is 10.8. The van der Waals surface area contributed by atoms with Crippen LogP contribution in [-0.4, -0.2) is 83.0 Å². The maximum absolute atomic E-state index is 12.1. The molecule has 3 saturated heterocycles. The van der Waals surface area contributed by atoms with Crippen LogP contribution in [0.2, 0.25) is 0 Å². The van der Waals surface area contributed by atoms with Gasteiger partial charge in [-0.25, -0.2) is 0 Å². The van der Waals surface area contributed by atoms with E-state index in [2.05, 4.69) is 70.4 Å². The number of aromatic nitrogens is 1. The number of ether oxygens (including phenoxy) is 1. The molecule has 2 unspecified atom stereocenters. The van der Waals surface area contributed by atoms with E-state index in [0.717, 1.165) is 42.3 Å². The molecule has 0 saturated carbocycles. The standard InChI is InChI=1S/C18H21NO4.C11H15N.C9H7N/c1-19-7-6-17-11-3-4-13(21)16(17)23-18(9-20)14(22)5-2-10(15(17)18)8-12(11)19;1-3-7-11(8-4-1)12-9-5-2-6-10-12;1-2-6-9-8(4-1)5-3-7-10-9/h2-5,9,11-14,16,21-22H,6-8H2,1H3;1,3-4,7-8H,2,5-6,9-10H2;1-7H/t11-,12+,13-,14?,16-,17-,18?;;/m0../s1. The van der Waals surface area contributed by atoms with Gasteiger partial charge in [-0.15, -0.1) is 0 Å². The van der Waals surface area contributed by atoms with Gasteiger partial charge in [0.05, 0.1) is 17.7 Å². The molecule has 3 aliphatic carbocycles. The highest BCUT2D eigenvalue weighted by molar-refractivity contribution is 5.78. The molecule has 2 bridgehead atoms. The lowest BCUT2D eigenvalue weighted by atomic mass is 9.50. The number of aliphatic hydroxyl groups excluding tert-OH is 2. The highest BCUT2D eigenvalue weighted by Gasteiger charge is 2.71. The molecule has 4 heterocycles. The summed E-state index contributed by atoms with van der Waals surface area (Å²) in [5.41, 5.74) is 2.81. The molecular formula is C38H43N3O4. The van der Waals surface area contributed by atoms with Crippen LogP contribution >= 0.6 is 0 Å². The third-order valence-corrected chi connectivity index (χ3v) is 10.8. The summed E-state index contributed by atoms with van der Waals surface area (Å²) in [6.45, 7) is 3.39. The minimum Gasteiger partial charge on any atom is -0.386 e. The molecule has 3 fully saturated rings. The number of fused-ring (bicyclic) bond motifs is 1. The van der Waals surface area contributed by atoms with Crippen molar-refractivity contribution >= 4 is 22.9 Å². The van der Waals surface area contributed by atoms with Crippen molar-refractivity contribution in [3.05, 3.63) is 108 Å². The van der Waals surface area contributed by atoms with Gasteiger partial charge in [0.15, 0.2) is 11.9 Å². The van der Waals surface area contributed by atoms with Crippen LogP contribution in [0.5, 0.6) is 0 Å². The third kappa shape index (κ3) is 5.06. The van der Waals surface area contributed by atoms with E-state index >= 15 is 0 Å². The van der Waals surface area contributed by atoms with Crippen LogP contribution < -0.4 is 4.90 Å². The molecule has 7 heteroatoms. The summed E-state index contributed by atoms with van der Waals surface area (Å²) in [4.78, 5) is 21.1. The Hall–Kier alpha value is -3.62. The van der Waals surface area contributed by atoms with Gasteiger partial charge in [-0.2, -0.15) is 0 Å². The number of hydrogen-bond acceptors (Lipinski definition) is 7. The number of piperidine rings is 2. The lowest BCUT2D eigenvalue weighted by Crippen LogP contribution is -2.62. The predicted octanol–water partition coefficient (Wildman–Crippen LogP) is 5.10. The Morgan fingerprint density at radius 1 is 0.911 bits per heavy atom. The average molecular weight is 606 g/mol. The Bertz CT molecular complexity index is 1550. The van der Waals surface area contributed by atoms with Crippen molar-refractivity contribution in [1.29, 1.82) is 0 Å². The number of carbonyl (C=O) groups is 1. The Labute approximate surface area is 265 Å². The fourth-order valence-electron chi connectivity index (χ4n) is 8.67. The first-order chi connectivity index (χ1) is 22.0. The number of likely N-dealkylation sites (tertiary alicyclic amines) is 1. The van der Waals surface area contributed by atoms with E-state index in [1.54, 1.807) is 12.2 Å². The molecule has 1 spiro atoms. The van der Waals surface area contributed by atoms with Crippen molar-refractivity contribution in [1.82, 2.24) is 9.88 Å². The first-order valence-corrected chi connectivity index (χ1v) is 16.4. The van der Waals surface area contributed by atoms with Crippen LogP contribution in [0.3, 0.4) is 0 Å². The number of carbonyl (C=O) groups excluding carboxylic acids is 1. The molecule has 0 radical (unpaired) electrons. The van der Waals surface area contributed by atoms with Crippen molar-refractivity contribution in [2.75, 3.05) is 31.6 Å². The molecule has 7 atom stereocenters. The zero-order chi connectivity index (χ0) is 31.0. The van der Waals surface area contributed by atoms with E-state index in [1.165, 1.54) is 43.4 Å². The number of benzene rings is 2. The summed E-state index contributed by atoms with van der Waals surface area (Å²) >= 11 is 0. The molecular weight excluding hydrogens is 562 g/mol. The molecule has 234 valence electrons. The largest absolute Gasteiger partial charge is 0.386 e. The van der Waals surface area contributed by atoms with Gasteiger partial charge in [-0.1, -0.05) is 66.8 Å². The van der Waals surface area contributed by atoms with E-state index in [1.807, 2.05) is 36.5 Å². The minimum atomic E-state index is -1.32. The van der Waals surface area contributed by atoms with Crippen LogP contribution in [-0.2, 0) is 9.53 Å². The second-order valence-corrected chi connectivity index (χ2v) is 13.2. The molecule has 3 aliphatic heterocycles. The Morgan fingerprint density at radius 2 is 1.67 bits per heavy atom. The molecule has 9 rings (SSSR count). The zero-order valence-corrected chi connectivity index (χ0v) is 25.9. The number of nitrogens with zero attached hydrogens (tertiary/aromatic N) is 3. The van der Waals surface area contributed by atoms with E-state index in [-0.39, 0.29) is 11.3 Å². The minimum absolute atomic E-state index is 0.217. The number of pyridine rings is 1. The first-order valence-electron chi connectivity index (χ1n) is 16.4. The van der Waals surface area contributed by atoms with Gasteiger partial charge >= 0.3 is 0 Å². The van der Waals surface area contributed by atoms with E-state index in [9.17, 15) is 15.0 Å². The Morgan fingerprint density at radius 3 is 2.44 bits per heavy atom. The van der Waals surface area contributed by atoms with Gasteiger partial charge < -0.3 is 24.7 Å². The van der Waals surface area contributed by atoms with Crippen molar-refractivity contribution in [3.63, 3.8) is 0 Å². The highest BCUT2D eigenvalue weighted by Crippen LogP contribution is 2.66. The molecule has 6 aliphatic rings. The van der Waals surface area contributed by atoms with E-state index in [0.29, 0.717) is 6.04 Å². The summed E-state index contributed by atoms with van der Waals surface area (Å²) in [6, 6.07) is 23.1. The summed E-state index contributed by atoms with van der Waals surface area (Å²) in [7, 11) is 2.14. The van der Waals surface area contributed by atoms with E-state index < -0.39 is 23.9 Å². The lowest BCUT2D eigenvalue weighted by Gasteiger charge is -2.57. The maximum atomic E-state index is 12.1. The number of rotatable bonds is 2. The lowest BCUT2D eigenvalue weighted by molar-refractivity contribution is -0.153. The SMILES string of the molecule is CN1CC[C@]23C4=C5C=CC(O)C4(C=O)O[C@H]2[C@@H](O)C=C[C@H]3[C@H]1C5.c1ccc(N2CCCCC2)cc1.c1ccc2ncccc2c1. The van der Waals surface area contributed by atoms with Gasteiger partial charge in [0.1, 0.15) is 6.10 Å². The van der Waals surface area contributed by atoms with Gasteiger partial charge in [-0.05, 0) is 81.1 Å². The summed E-state index contributed by atoms with van der Waals surface area (Å²) in [6.07, 6.45) is 13.7. The van der Waals surface area contributed by atoms with Crippen molar-refractivity contribution < 1.29 is 19.7 Å². The number of aldehydes is 1. The number of allylic oxidation sites excluding steroid dienone is 1. The number of anilines is 1. The molecule has 1 aromatic heterocycles. The Balaban J connectivity index is 0.000000123. The first kappa shape index (κ1) is 30.1. The quantitative estimate of drug-likeness (QED) is 0.311. The van der Waals surface area contributed by atoms with Gasteiger partial charge in [0.25, 0.3) is 0 Å². The molecule has 7 nitrogen and oxygen atoms in total. The molecule has 2 aromatic carbocycles. The fourth-order valence-corrected chi connectivity index (χ4v) is 8.67. The second-order valence-electron chi connectivity index (χ2n) is 13.2. The summed E-state index contributed by atoms with van der Waals surface area (Å²) < 4.78 is 6.18. The van der Waals surface area contributed by atoms with Crippen LogP contribution in [0.4, 0.5) is 5.69 Å². The highest BCUT2D eigenvalue weighted by atomic mass is 16.5. The van der Waals surface area contributed by atoms with Crippen LogP contribution in [0.25, 0.3) is 10.9 Å². The van der Waals surface area contributed by atoms with Crippen molar-refractivity contribution in [2.24, 2.45) is 11.3 Å². The van der Waals surface area contributed by atoms with Crippen molar-refractivity contribution in [2.45, 2.75) is 62.1 Å². The number of aliphatic hydroxyl groups is 2. The molecule has 45 heavy (non-hydrogen) atoms. The van der Waals surface area contributed by atoms with Crippen LogP contribution in [0, 0.1) is 11.3 Å². The van der Waals surface area contributed by atoms with Gasteiger partial charge in [-0.3, -0.25) is 9.78 Å². The summed E-state index contributed by atoms with van der Waals surface area (Å²) in [5.74, 6) is 0.217. The van der Waals surface area contributed by atoms with Gasteiger partial charge in [0, 0.05) is 47.7 Å². The van der Waals surface area contributed by atoms with E-state index in [4.69, 9.17) is 4.74 Å². The second kappa shape index (κ2) is 12.3. The number of hydrogen-bond donors (Lipinski definition) is 2. The summed E-state index contributed by atoms with van der Waals surface area (Å²) in [5, 5.41) is 22.3. The molecule has 0 amide bonds. The topological polar surface area (TPSA) is 86.1 Å². The molecule has 2 N–H and O–H groups in total. The van der Waals surface area contributed by atoms with Crippen molar-refractivity contribution in [3.8, 4) is 0 Å². The van der Waals surface area contributed by atoms with Crippen LogP contribution in [0.1, 0.15) is 32.1 Å². The average Bonchev–Trinajstić information content (AvgIpc) is 3.42. The molecule has 3 aromatic rings. The van der Waals surface area contributed by atoms with Gasteiger partial charge in [0.2, 0.25) is 0 Å². The smallest absolute Gasteiger partial charge is 0.175 e.